The van der Waals surface area contributed by atoms with E-state index in [1.807, 2.05) is 18.7 Å². The molecule has 1 N–H and O–H groups in total. The van der Waals surface area contributed by atoms with E-state index >= 15 is 0 Å². The van der Waals surface area contributed by atoms with Gasteiger partial charge in [-0.05, 0) is 40.2 Å². The zero-order chi connectivity index (χ0) is 11.6. The highest BCUT2D eigenvalue weighted by Gasteiger charge is 2.20. The molecule has 0 unspecified atom stereocenters. The molecule has 0 saturated heterocycles. The standard InChI is InChI=1S/C10H17N3OS/c1-10(2,12(3)4)7-13-6-5-8(14)11-9(13)15/h5-6H,7H2,1-4H3,(H,11,14,15). The Balaban J connectivity index is 3.00. The quantitative estimate of drug-likeness (QED) is 0.790. The minimum absolute atomic E-state index is 0.00350. The lowest BCUT2D eigenvalue weighted by molar-refractivity contribution is 0.168. The van der Waals surface area contributed by atoms with E-state index in [1.54, 1.807) is 6.20 Å². The summed E-state index contributed by atoms with van der Waals surface area (Å²) in [6.07, 6.45) is 1.73. The molecule has 5 heteroatoms. The van der Waals surface area contributed by atoms with Crippen LogP contribution < -0.4 is 5.56 Å². The highest BCUT2D eigenvalue weighted by Crippen LogP contribution is 2.12. The first kappa shape index (κ1) is 12.1. The fraction of sp³-hybridized carbons (Fsp3) is 0.600. The van der Waals surface area contributed by atoms with Crippen LogP contribution >= 0.6 is 12.2 Å². The van der Waals surface area contributed by atoms with Gasteiger partial charge in [0.15, 0.2) is 4.77 Å². The van der Waals surface area contributed by atoms with Crippen molar-refractivity contribution in [2.75, 3.05) is 14.1 Å². The number of nitrogens with one attached hydrogen (secondary N) is 1. The van der Waals surface area contributed by atoms with E-state index in [-0.39, 0.29) is 11.1 Å². The predicted molar refractivity (Wildman–Crippen MR) is 63.7 cm³/mol. The lowest BCUT2D eigenvalue weighted by Gasteiger charge is -2.33. The summed E-state index contributed by atoms with van der Waals surface area (Å²) in [6.45, 7) is 5.00. The number of rotatable bonds is 3. The number of likely N-dealkylation sites (N-methyl/N-ethyl adjacent to an activating group) is 1. The van der Waals surface area contributed by atoms with Gasteiger partial charge in [-0.1, -0.05) is 0 Å². The molecule has 15 heavy (non-hydrogen) atoms. The van der Waals surface area contributed by atoms with Crippen LogP contribution in [0.2, 0.25) is 0 Å². The van der Waals surface area contributed by atoms with Crippen LogP contribution in [0.15, 0.2) is 17.1 Å². The average Bonchev–Trinajstić information content (AvgIpc) is 2.09. The highest BCUT2D eigenvalue weighted by molar-refractivity contribution is 7.71. The van der Waals surface area contributed by atoms with E-state index in [9.17, 15) is 4.79 Å². The van der Waals surface area contributed by atoms with Crippen molar-refractivity contribution in [3.05, 3.63) is 27.4 Å². The fourth-order valence-electron chi connectivity index (χ4n) is 1.13. The van der Waals surface area contributed by atoms with E-state index in [0.717, 1.165) is 6.54 Å². The molecule has 0 aromatic carbocycles. The Kier molecular flexibility index (Phi) is 3.46. The normalized spacial score (nSPS) is 12.1. The lowest BCUT2D eigenvalue weighted by atomic mass is 10.0. The SMILES string of the molecule is CN(C)C(C)(C)Cn1ccc(=O)[nH]c1=S. The Morgan fingerprint density at radius 3 is 2.60 bits per heavy atom. The molecule has 0 aliphatic heterocycles. The second kappa shape index (κ2) is 4.28. The van der Waals surface area contributed by atoms with Gasteiger partial charge in [0.2, 0.25) is 0 Å². The largest absolute Gasteiger partial charge is 0.323 e. The molecule has 0 spiro atoms. The molecule has 0 fully saturated rings. The van der Waals surface area contributed by atoms with Crippen LogP contribution in [0.1, 0.15) is 13.8 Å². The molecule has 0 saturated carbocycles. The van der Waals surface area contributed by atoms with Crippen LogP contribution in [-0.2, 0) is 6.54 Å². The summed E-state index contributed by atoms with van der Waals surface area (Å²) in [5.41, 5.74) is -0.157. The molecule has 0 radical (unpaired) electrons. The number of hydrogen-bond donors (Lipinski definition) is 1. The third-order valence-corrected chi connectivity index (χ3v) is 3.00. The maximum absolute atomic E-state index is 11.0. The maximum Gasteiger partial charge on any atom is 0.251 e. The van der Waals surface area contributed by atoms with Crippen LogP contribution in [0.4, 0.5) is 0 Å². The van der Waals surface area contributed by atoms with Crippen LogP contribution in [-0.4, -0.2) is 34.1 Å². The lowest BCUT2D eigenvalue weighted by Crippen LogP contribution is -2.42. The Hall–Kier alpha value is -0.940. The summed E-state index contributed by atoms with van der Waals surface area (Å²) in [7, 11) is 4.05. The Labute approximate surface area is 94.6 Å². The van der Waals surface area contributed by atoms with Gasteiger partial charge in [-0.3, -0.25) is 9.78 Å². The molecule has 84 valence electrons. The molecule has 0 amide bonds. The van der Waals surface area contributed by atoms with Crippen molar-refractivity contribution in [3.63, 3.8) is 0 Å². The van der Waals surface area contributed by atoms with Crippen molar-refractivity contribution >= 4 is 12.2 Å². The summed E-state index contributed by atoms with van der Waals surface area (Å²) < 4.78 is 2.34. The molecular formula is C10H17N3OS. The van der Waals surface area contributed by atoms with E-state index < -0.39 is 0 Å². The zero-order valence-corrected chi connectivity index (χ0v) is 10.4. The molecule has 0 aliphatic carbocycles. The van der Waals surface area contributed by atoms with Gasteiger partial charge in [-0.15, -0.1) is 0 Å². The minimum Gasteiger partial charge on any atom is -0.323 e. The van der Waals surface area contributed by atoms with Gasteiger partial charge in [0.1, 0.15) is 0 Å². The van der Waals surface area contributed by atoms with Crippen molar-refractivity contribution in [2.24, 2.45) is 0 Å². The Morgan fingerprint density at radius 1 is 1.53 bits per heavy atom. The monoisotopic (exact) mass is 227 g/mol. The third kappa shape index (κ3) is 3.00. The number of hydrogen-bond acceptors (Lipinski definition) is 3. The van der Waals surface area contributed by atoms with Crippen LogP contribution in [0.3, 0.4) is 0 Å². The van der Waals surface area contributed by atoms with Gasteiger partial charge in [0.05, 0.1) is 0 Å². The number of aromatic amines is 1. The first-order valence-electron chi connectivity index (χ1n) is 4.80. The molecule has 0 aliphatic rings. The maximum atomic E-state index is 11.0. The van der Waals surface area contributed by atoms with Gasteiger partial charge in [-0.2, -0.15) is 0 Å². The molecule has 0 bridgehead atoms. The fourth-order valence-corrected chi connectivity index (χ4v) is 1.35. The summed E-state index contributed by atoms with van der Waals surface area (Å²) in [5, 5.41) is 0. The van der Waals surface area contributed by atoms with Gasteiger partial charge in [0.25, 0.3) is 5.56 Å². The van der Waals surface area contributed by atoms with Crippen molar-refractivity contribution in [3.8, 4) is 0 Å². The minimum atomic E-state index is -0.154. The first-order chi connectivity index (χ1) is 6.83. The summed E-state index contributed by atoms with van der Waals surface area (Å²) >= 11 is 5.08. The van der Waals surface area contributed by atoms with Crippen molar-refractivity contribution in [1.29, 1.82) is 0 Å². The van der Waals surface area contributed by atoms with Gasteiger partial charge in [-0.25, -0.2) is 0 Å². The van der Waals surface area contributed by atoms with Crippen molar-refractivity contribution in [1.82, 2.24) is 14.5 Å². The topological polar surface area (TPSA) is 41.0 Å². The summed E-state index contributed by atoms with van der Waals surface area (Å²) in [4.78, 5) is 15.7. The number of nitrogens with zero attached hydrogens (tertiary/aromatic N) is 2. The molecular weight excluding hydrogens is 210 g/mol. The molecule has 0 atom stereocenters. The number of aromatic nitrogens is 2. The number of H-pyrrole nitrogens is 1. The summed E-state index contributed by atoms with van der Waals surface area (Å²) in [5.74, 6) is 0. The zero-order valence-electron chi connectivity index (χ0n) is 9.57. The molecule has 1 heterocycles. The van der Waals surface area contributed by atoms with Gasteiger partial charge >= 0.3 is 0 Å². The second-order valence-corrected chi connectivity index (χ2v) is 4.83. The van der Waals surface area contributed by atoms with E-state index in [2.05, 4.69) is 23.7 Å². The van der Waals surface area contributed by atoms with E-state index in [0.29, 0.717) is 4.77 Å². The molecule has 1 rings (SSSR count). The van der Waals surface area contributed by atoms with Crippen molar-refractivity contribution in [2.45, 2.75) is 25.9 Å². The highest BCUT2D eigenvalue weighted by atomic mass is 32.1. The first-order valence-corrected chi connectivity index (χ1v) is 5.21. The van der Waals surface area contributed by atoms with Gasteiger partial charge < -0.3 is 9.47 Å². The van der Waals surface area contributed by atoms with Crippen LogP contribution in [0.5, 0.6) is 0 Å². The summed E-state index contributed by atoms with van der Waals surface area (Å²) in [6, 6.07) is 1.49. The molecule has 1 aromatic rings. The average molecular weight is 227 g/mol. The van der Waals surface area contributed by atoms with E-state index in [4.69, 9.17) is 12.2 Å². The smallest absolute Gasteiger partial charge is 0.251 e. The van der Waals surface area contributed by atoms with Crippen LogP contribution in [0, 0.1) is 4.77 Å². The van der Waals surface area contributed by atoms with Gasteiger partial charge in [0, 0.05) is 24.3 Å². The second-order valence-electron chi connectivity index (χ2n) is 4.44. The predicted octanol–water partition coefficient (Wildman–Crippen LogP) is 1.25. The Morgan fingerprint density at radius 2 is 2.13 bits per heavy atom. The van der Waals surface area contributed by atoms with Crippen molar-refractivity contribution < 1.29 is 0 Å². The molecule has 1 aromatic heterocycles. The van der Waals surface area contributed by atoms with Crippen LogP contribution in [0.25, 0.3) is 0 Å². The Bertz CT molecular complexity index is 444. The third-order valence-electron chi connectivity index (χ3n) is 2.66. The van der Waals surface area contributed by atoms with E-state index in [1.165, 1.54) is 6.07 Å². The molecule has 4 nitrogen and oxygen atoms in total.